The number of carbonyl (C=O) groups excluding carboxylic acids is 2. The number of ether oxygens (including phenoxy) is 2. The fraction of sp³-hybridized carbons (Fsp3) is 0.481. The third-order valence-electron chi connectivity index (χ3n) is 8.63. The molecule has 2 aromatic rings. The summed E-state index contributed by atoms with van der Waals surface area (Å²) in [5, 5.41) is 0. The van der Waals surface area contributed by atoms with Gasteiger partial charge in [-0.2, -0.15) is 0 Å². The molecule has 178 valence electrons. The van der Waals surface area contributed by atoms with Crippen molar-refractivity contribution in [2.45, 2.75) is 56.2 Å². The summed E-state index contributed by atoms with van der Waals surface area (Å²) in [6.07, 6.45) is 10.3. The molecule has 2 bridgehead atoms. The number of nitrogens with zero attached hydrogens (tertiary/aromatic N) is 2. The lowest BCUT2D eigenvalue weighted by atomic mass is 9.51. The van der Waals surface area contributed by atoms with E-state index >= 15 is 0 Å². The first-order valence-electron chi connectivity index (χ1n) is 12.1. The monoisotopic (exact) mass is 462 g/mol. The van der Waals surface area contributed by atoms with Crippen LogP contribution in [0.1, 0.15) is 42.9 Å². The van der Waals surface area contributed by atoms with Crippen molar-refractivity contribution in [2.75, 3.05) is 20.6 Å². The average Bonchev–Trinajstić information content (AvgIpc) is 3.45. The van der Waals surface area contributed by atoms with Crippen molar-refractivity contribution in [3.05, 3.63) is 53.5 Å². The largest absolute Gasteiger partial charge is 0.487 e. The van der Waals surface area contributed by atoms with E-state index in [9.17, 15) is 9.59 Å². The Morgan fingerprint density at radius 3 is 2.88 bits per heavy atom. The highest BCUT2D eigenvalue weighted by Gasteiger charge is 2.66. The maximum absolute atomic E-state index is 13.1. The Morgan fingerprint density at radius 1 is 1.26 bits per heavy atom. The van der Waals surface area contributed by atoms with Crippen LogP contribution in [0, 0.1) is 5.92 Å². The SMILES string of the molecule is CC(=O)Oc1ccc2c3c1C[C@@H]1[C@@H]4CC[C@@H](N(C)C(=O)/C=C/c5ccoc5)[C@H](O2)[C@]34CCN1C. The van der Waals surface area contributed by atoms with Crippen molar-refractivity contribution >= 4 is 18.0 Å². The van der Waals surface area contributed by atoms with E-state index in [0.717, 1.165) is 49.1 Å². The Balaban J connectivity index is 1.39. The highest BCUT2D eigenvalue weighted by molar-refractivity contribution is 5.91. The van der Waals surface area contributed by atoms with E-state index in [1.54, 1.807) is 24.7 Å². The van der Waals surface area contributed by atoms with Crippen LogP contribution < -0.4 is 9.47 Å². The summed E-state index contributed by atoms with van der Waals surface area (Å²) >= 11 is 0. The van der Waals surface area contributed by atoms with Gasteiger partial charge < -0.3 is 23.7 Å². The lowest BCUT2D eigenvalue weighted by molar-refractivity contribution is -0.135. The predicted molar refractivity (Wildman–Crippen MR) is 126 cm³/mol. The van der Waals surface area contributed by atoms with Gasteiger partial charge in [-0.05, 0) is 69.5 Å². The Morgan fingerprint density at radius 2 is 2.12 bits per heavy atom. The zero-order valence-electron chi connectivity index (χ0n) is 19.8. The second-order valence-electron chi connectivity index (χ2n) is 10.2. The van der Waals surface area contributed by atoms with Gasteiger partial charge in [-0.25, -0.2) is 0 Å². The molecule has 5 atom stereocenters. The number of likely N-dealkylation sites (N-methyl/N-ethyl adjacent to an activating group) is 2. The molecule has 2 aliphatic carbocycles. The minimum atomic E-state index is -0.305. The van der Waals surface area contributed by atoms with Gasteiger partial charge in [-0.1, -0.05) is 0 Å². The van der Waals surface area contributed by atoms with Gasteiger partial charge in [-0.3, -0.25) is 9.59 Å². The van der Waals surface area contributed by atoms with Crippen molar-refractivity contribution in [1.82, 2.24) is 9.80 Å². The zero-order chi connectivity index (χ0) is 23.6. The molecule has 7 nitrogen and oxygen atoms in total. The lowest BCUT2D eigenvalue weighted by Gasteiger charge is -2.59. The number of amides is 1. The molecule has 6 rings (SSSR count). The quantitative estimate of drug-likeness (QED) is 0.394. The Hall–Kier alpha value is -3.06. The molecule has 1 amide bonds. The first-order valence-corrected chi connectivity index (χ1v) is 12.1. The number of carbonyl (C=O) groups is 2. The smallest absolute Gasteiger partial charge is 0.308 e. The van der Waals surface area contributed by atoms with E-state index in [-0.39, 0.29) is 29.4 Å². The standard InChI is InChI=1S/C27H30N2O5/c1-16(30)33-22-7-8-23-25-18(22)14-21-19-5-6-20(26(34-23)27(19,25)11-12-28(21)2)29(3)24(31)9-4-17-10-13-32-15-17/h4,7-10,13,15,19-21,26H,5-6,11-12,14H2,1-3H3/b9-4+/t19-,20+,21+,26-,27-/m0/s1. The van der Waals surface area contributed by atoms with Crippen LogP contribution in [0.2, 0.25) is 0 Å². The van der Waals surface area contributed by atoms with Crippen LogP contribution in [0.4, 0.5) is 0 Å². The van der Waals surface area contributed by atoms with Gasteiger partial charge in [0.05, 0.1) is 18.6 Å². The van der Waals surface area contributed by atoms with Crippen LogP contribution >= 0.6 is 0 Å². The number of likely N-dealkylation sites (tertiary alicyclic amines) is 1. The Labute approximate surface area is 199 Å². The average molecular weight is 463 g/mol. The molecule has 0 N–H and O–H groups in total. The van der Waals surface area contributed by atoms with Crippen LogP contribution in [-0.2, 0) is 21.4 Å². The highest BCUT2D eigenvalue weighted by atomic mass is 16.5. The number of benzene rings is 1. The summed E-state index contributed by atoms with van der Waals surface area (Å²) in [5.41, 5.74) is 3.03. The molecule has 0 radical (unpaired) electrons. The molecule has 0 unspecified atom stereocenters. The van der Waals surface area contributed by atoms with Crippen molar-refractivity contribution in [2.24, 2.45) is 5.92 Å². The minimum absolute atomic E-state index is 0.0302. The highest BCUT2D eigenvalue weighted by Crippen LogP contribution is 2.63. The van der Waals surface area contributed by atoms with E-state index in [0.29, 0.717) is 17.7 Å². The van der Waals surface area contributed by atoms with Gasteiger partial charge in [0.1, 0.15) is 17.6 Å². The van der Waals surface area contributed by atoms with Crippen LogP contribution in [0.5, 0.6) is 11.5 Å². The summed E-state index contributed by atoms with van der Waals surface area (Å²) in [6.45, 7) is 2.44. The van der Waals surface area contributed by atoms with E-state index in [4.69, 9.17) is 13.9 Å². The third kappa shape index (κ3) is 2.99. The molecule has 1 saturated carbocycles. The maximum atomic E-state index is 13.1. The topological polar surface area (TPSA) is 72.2 Å². The van der Waals surface area contributed by atoms with Gasteiger partial charge in [-0.15, -0.1) is 0 Å². The normalized spacial score (nSPS) is 31.1. The van der Waals surface area contributed by atoms with Gasteiger partial charge >= 0.3 is 5.97 Å². The molecule has 1 aromatic heterocycles. The summed E-state index contributed by atoms with van der Waals surface area (Å²) in [7, 11) is 4.08. The molecule has 1 saturated heterocycles. The number of piperidine rings is 1. The fourth-order valence-corrected chi connectivity index (χ4v) is 7.18. The molecule has 2 aliphatic heterocycles. The van der Waals surface area contributed by atoms with Crippen molar-refractivity contribution in [3.8, 4) is 11.5 Å². The van der Waals surface area contributed by atoms with E-state index in [1.807, 2.05) is 30.1 Å². The third-order valence-corrected chi connectivity index (χ3v) is 8.63. The number of esters is 1. The first kappa shape index (κ1) is 21.5. The van der Waals surface area contributed by atoms with Gasteiger partial charge in [0.15, 0.2) is 0 Å². The lowest BCUT2D eigenvalue weighted by Crippen LogP contribution is -2.68. The molecule has 1 spiro atoms. The van der Waals surface area contributed by atoms with Gasteiger partial charge in [0.2, 0.25) is 5.91 Å². The van der Waals surface area contributed by atoms with Crippen molar-refractivity contribution in [1.29, 1.82) is 0 Å². The minimum Gasteiger partial charge on any atom is -0.487 e. The van der Waals surface area contributed by atoms with Crippen LogP contribution in [0.25, 0.3) is 6.08 Å². The van der Waals surface area contributed by atoms with Gasteiger partial charge in [0.25, 0.3) is 0 Å². The van der Waals surface area contributed by atoms with Gasteiger partial charge in [0, 0.05) is 48.2 Å². The van der Waals surface area contributed by atoms with E-state index < -0.39 is 0 Å². The van der Waals surface area contributed by atoms with Crippen molar-refractivity contribution < 1.29 is 23.5 Å². The number of hydrogen-bond donors (Lipinski definition) is 0. The van der Waals surface area contributed by atoms with Crippen molar-refractivity contribution in [3.63, 3.8) is 0 Å². The second kappa shape index (κ2) is 7.73. The van der Waals surface area contributed by atoms with E-state index in [2.05, 4.69) is 11.9 Å². The van der Waals surface area contributed by atoms with Crippen LogP contribution in [-0.4, -0.2) is 60.5 Å². The Bertz CT molecular complexity index is 1170. The predicted octanol–water partition coefficient (Wildman–Crippen LogP) is 3.41. The fourth-order valence-electron chi connectivity index (χ4n) is 7.18. The van der Waals surface area contributed by atoms with Crippen LogP contribution in [0.3, 0.4) is 0 Å². The van der Waals surface area contributed by atoms with E-state index in [1.165, 1.54) is 12.5 Å². The summed E-state index contributed by atoms with van der Waals surface area (Å²) in [6, 6.07) is 6.00. The van der Waals surface area contributed by atoms with Crippen LogP contribution in [0.15, 0.2) is 41.2 Å². The number of rotatable bonds is 4. The second-order valence-corrected chi connectivity index (χ2v) is 10.2. The summed E-state index contributed by atoms with van der Waals surface area (Å²) in [4.78, 5) is 29.3. The Kier molecular flexibility index (Phi) is 4.88. The molecule has 7 heteroatoms. The maximum Gasteiger partial charge on any atom is 0.308 e. The molecular formula is C27H30N2O5. The molecule has 1 aromatic carbocycles. The number of furan rings is 1. The first-order chi connectivity index (χ1) is 16.4. The zero-order valence-corrected chi connectivity index (χ0v) is 19.8. The summed E-state index contributed by atoms with van der Waals surface area (Å²) < 4.78 is 17.5. The molecule has 3 heterocycles. The molecule has 4 aliphatic rings. The number of hydrogen-bond acceptors (Lipinski definition) is 6. The molecule has 2 fully saturated rings. The molecular weight excluding hydrogens is 432 g/mol. The summed E-state index contributed by atoms with van der Waals surface area (Å²) in [5.74, 6) is 1.66. The molecule has 34 heavy (non-hydrogen) atoms.